The number of hydrogen-bond donors (Lipinski definition) is 1. The van der Waals surface area contributed by atoms with Gasteiger partial charge in [-0.15, -0.1) is 0 Å². The van der Waals surface area contributed by atoms with Gasteiger partial charge in [-0.25, -0.2) is 18.0 Å². The van der Waals surface area contributed by atoms with Crippen LogP contribution in [0.15, 0.2) is 80.8 Å². The van der Waals surface area contributed by atoms with Gasteiger partial charge in [0.2, 0.25) is 10.0 Å². The van der Waals surface area contributed by atoms with Crippen LogP contribution < -0.4 is 15.1 Å². The van der Waals surface area contributed by atoms with Crippen LogP contribution >= 0.6 is 11.6 Å². The molecule has 0 aliphatic carbocycles. The molecule has 0 fully saturated rings. The van der Waals surface area contributed by atoms with Crippen LogP contribution in [-0.4, -0.2) is 20.4 Å². The molecule has 0 radical (unpaired) electrons. The first-order chi connectivity index (χ1) is 18.4. The highest BCUT2D eigenvalue weighted by atomic mass is 35.5. The molecule has 4 rings (SSSR count). The lowest BCUT2D eigenvalue weighted by Gasteiger charge is -2.20. The van der Waals surface area contributed by atoms with Gasteiger partial charge in [-0.2, -0.15) is 4.72 Å². The van der Waals surface area contributed by atoms with Gasteiger partial charge in [0, 0.05) is 23.4 Å². The molecule has 1 atom stereocenters. The Labute approximate surface area is 232 Å². The Kier molecular flexibility index (Phi) is 8.59. The molecule has 1 aromatic heterocycles. The monoisotopic (exact) mass is 567 g/mol. The Bertz CT molecular complexity index is 1660. The van der Waals surface area contributed by atoms with Crippen molar-refractivity contribution >= 4 is 38.6 Å². The Morgan fingerprint density at radius 1 is 1.03 bits per heavy atom. The fourth-order valence-corrected chi connectivity index (χ4v) is 5.69. The number of benzene rings is 3. The second kappa shape index (κ2) is 11.7. The molecule has 1 unspecified atom stereocenters. The van der Waals surface area contributed by atoms with Crippen molar-refractivity contribution in [2.75, 3.05) is 0 Å². The molecule has 0 saturated carbocycles. The Morgan fingerprint density at radius 2 is 1.69 bits per heavy atom. The van der Waals surface area contributed by atoms with E-state index < -0.39 is 27.7 Å². The van der Waals surface area contributed by atoms with E-state index in [1.54, 1.807) is 18.2 Å². The number of ether oxygens (including phenoxy) is 1. The number of halogens is 1. The van der Waals surface area contributed by atoms with Crippen molar-refractivity contribution in [2.45, 2.75) is 51.5 Å². The minimum Gasteiger partial charge on any atom is -0.424 e. The summed E-state index contributed by atoms with van der Waals surface area (Å²) in [6.45, 7) is 7.41. The van der Waals surface area contributed by atoms with Crippen LogP contribution in [0.4, 0.5) is 0 Å². The van der Waals surface area contributed by atoms with Crippen molar-refractivity contribution < 1.29 is 22.4 Å². The molecule has 4 aromatic rings. The number of fused-ring (bicyclic) bond motifs is 1. The van der Waals surface area contributed by atoms with Gasteiger partial charge in [-0.3, -0.25) is 0 Å². The predicted octanol–water partition coefficient (Wildman–Crippen LogP) is 5.95. The van der Waals surface area contributed by atoms with Crippen LogP contribution in [0.2, 0.25) is 5.02 Å². The SMILES string of the molecule is Cc1ccc(S(=O)(=O)NC(CC(C)C)C(=O)Oc2cc3oc(=O)c(Cc4ccccc4)c(C)c3cc2Cl)cc1. The summed E-state index contributed by atoms with van der Waals surface area (Å²) in [4.78, 5) is 26.1. The molecule has 1 heterocycles. The molecule has 9 heteroatoms. The van der Waals surface area contributed by atoms with Crippen LogP contribution in [-0.2, 0) is 21.2 Å². The van der Waals surface area contributed by atoms with E-state index >= 15 is 0 Å². The molecule has 3 aromatic carbocycles. The third kappa shape index (κ3) is 6.76. The average molecular weight is 568 g/mol. The van der Waals surface area contributed by atoms with E-state index in [0.717, 1.165) is 11.1 Å². The Balaban J connectivity index is 1.62. The van der Waals surface area contributed by atoms with Crippen molar-refractivity contribution in [3.63, 3.8) is 0 Å². The summed E-state index contributed by atoms with van der Waals surface area (Å²) >= 11 is 6.49. The van der Waals surface area contributed by atoms with E-state index in [1.165, 1.54) is 18.2 Å². The Morgan fingerprint density at radius 3 is 2.33 bits per heavy atom. The highest BCUT2D eigenvalue weighted by Crippen LogP contribution is 2.33. The molecule has 0 aliphatic heterocycles. The van der Waals surface area contributed by atoms with E-state index in [-0.39, 0.29) is 33.6 Å². The van der Waals surface area contributed by atoms with Crippen molar-refractivity contribution in [1.29, 1.82) is 0 Å². The molecule has 7 nitrogen and oxygen atoms in total. The lowest BCUT2D eigenvalue weighted by Crippen LogP contribution is -2.43. The van der Waals surface area contributed by atoms with Crippen molar-refractivity contribution in [1.82, 2.24) is 4.72 Å². The fourth-order valence-electron chi connectivity index (χ4n) is 4.29. The quantitative estimate of drug-likeness (QED) is 0.152. The van der Waals surface area contributed by atoms with Crippen LogP contribution in [0.5, 0.6) is 5.75 Å². The Hall–Kier alpha value is -3.46. The van der Waals surface area contributed by atoms with E-state index in [1.807, 2.05) is 58.0 Å². The maximum absolute atomic E-state index is 13.2. The predicted molar refractivity (Wildman–Crippen MR) is 152 cm³/mol. The minimum absolute atomic E-state index is 0.0148. The number of hydrogen-bond acceptors (Lipinski definition) is 6. The molecule has 0 aliphatic rings. The standard InChI is InChI=1S/C30H30ClNO6S/c1-18(2)14-26(32-39(35,36)22-12-10-19(3)11-13-22)30(34)38-28-17-27-23(16-25(28)31)20(4)24(29(33)37-27)15-21-8-6-5-7-9-21/h5-13,16-18,26,32H,14-15H2,1-4H3. The van der Waals surface area contributed by atoms with E-state index in [4.69, 9.17) is 20.8 Å². The number of carbonyl (C=O) groups excluding carboxylic acids is 1. The van der Waals surface area contributed by atoms with Gasteiger partial charge in [0.25, 0.3) is 0 Å². The minimum atomic E-state index is -3.99. The van der Waals surface area contributed by atoms with Crippen LogP contribution in [0.3, 0.4) is 0 Å². The number of nitrogens with one attached hydrogen (secondary N) is 1. The molecule has 204 valence electrons. The molecule has 1 N–H and O–H groups in total. The van der Waals surface area contributed by atoms with Crippen molar-refractivity contribution in [3.05, 3.63) is 104 Å². The second-order valence-electron chi connectivity index (χ2n) is 9.97. The second-order valence-corrected chi connectivity index (χ2v) is 12.1. The molecule has 39 heavy (non-hydrogen) atoms. The summed E-state index contributed by atoms with van der Waals surface area (Å²) in [6.07, 6.45) is 0.601. The molecule has 0 saturated heterocycles. The van der Waals surface area contributed by atoms with Gasteiger partial charge < -0.3 is 9.15 Å². The van der Waals surface area contributed by atoms with Gasteiger partial charge in [-0.1, -0.05) is 73.5 Å². The van der Waals surface area contributed by atoms with Gasteiger partial charge in [0.15, 0.2) is 5.75 Å². The van der Waals surface area contributed by atoms with Gasteiger partial charge in [-0.05, 0) is 55.5 Å². The van der Waals surface area contributed by atoms with Crippen molar-refractivity contribution in [2.24, 2.45) is 5.92 Å². The summed E-state index contributed by atoms with van der Waals surface area (Å²) < 4.78 is 39.6. The number of sulfonamides is 1. The summed E-state index contributed by atoms with van der Waals surface area (Å²) in [5.41, 5.74) is 2.82. The normalized spacial score (nSPS) is 12.6. The zero-order chi connectivity index (χ0) is 28.3. The number of esters is 1. The average Bonchev–Trinajstić information content (AvgIpc) is 2.88. The van der Waals surface area contributed by atoms with Gasteiger partial charge in [0.1, 0.15) is 11.6 Å². The highest BCUT2D eigenvalue weighted by Gasteiger charge is 2.29. The first-order valence-electron chi connectivity index (χ1n) is 12.5. The first-order valence-corrected chi connectivity index (χ1v) is 14.4. The summed E-state index contributed by atoms with van der Waals surface area (Å²) in [5, 5.41) is 0.743. The molecular formula is C30H30ClNO6S. The van der Waals surface area contributed by atoms with Crippen LogP contribution in [0.1, 0.15) is 42.5 Å². The van der Waals surface area contributed by atoms with E-state index in [2.05, 4.69) is 4.72 Å². The van der Waals surface area contributed by atoms with Crippen molar-refractivity contribution in [3.8, 4) is 5.75 Å². The number of aryl methyl sites for hydroxylation is 2. The first kappa shape index (κ1) is 28.5. The topological polar surface area (TPSA) is 103 Å². The number of carbonyl (C=O) groups is 1. The molecule has 0 amide bonds. The molecular weight excluding hydrogens is 538 g/mol. The lowest BCUT2D eigenvalue weighted by molar-refractivity contribution is -0.136. The molecule has 0 spiro atoms. The smallest absolute Gasteiger partial charge is 0.340 e. The third-order valence-electron chi connectivity index (χ3n) is 6.39. The number of rotatable bonds is 9. The summed E-state index contributed by atoms with van der Waals surface area (Å²) in [5.74, 6) is -0.865. The molecule has 0 bridgehead atoms. The van der Waals surface area contributed by atoms with Crippen LogP contribution in [0.25, 0.3) is 11.0 Å². The maximum Gasteiger partial charge on any atom is 0.340 e. The highest BCUT2D eigenvalue weighted by molar-refractivity contribution is 7.89. The summed E-state index contributed by atoms with van der Waals surface area (Å²) in [7, 11) is -3.99. The lowest BCUT2D eigenvalue weighted by atomic mass is 9.99. The van der Waals surface area contributed by atoms with Gasteiger partial charge >= 0.3 is 11.6 Å². The van der Waals surface area contributed by atoms with Gasteiger partial charge in [0.05, 0.1) is 9.92 Å². The van der Waals surface area contributed by atoms with E-state index in [0.29, 0.717) is 22.9 Å². The zero-order valence-corrected chi connectivity index (χ0v) is 23.7. The zero-order valence-electron chi connectivity index (χ0n) is 22.2. The van der Waals surface area contributed by atoms with E-state index in [9.17, 15) is 18.0 Å². The maximum atomic E-state index is 13.2. The summed E-state index contributed by atoms with van der Waals surface area (Å²) in [6, 6.07) is 17.7. The third-order valence-corrected chi connectivity index (χ3v) is 8.18. The fraction of sp³-hybridized carbons (Fsp3) is 0.267. The van der Waals surface area contributed by atoms with Crippen LogP contribution in [0, 0.1) is 19.8 Å². The largest absolute Gasteiger partial charge is 0.424 e.